The van der Waals surface area contributed by atoms with Crippen molar-refractivity contribution in [2.45, 2.75) is 66.0 Å². The maximum atomic E-state index is 7.00. The zero-order valence-electron chi connectivity index (χ0n) is 11.0. The van der Waals surface area contributed by atoms with Gasteiger partial charge in [-0.05, 0) is 26.2 Å². The third kappa shape index (κ3) is 10.0. The Morgan fingerprint density at radius 1 is 1.14 bits per heavy atom. The normalized spacial score (nSPS) is 13.5. The quantitative estimate of drug-likeness (QED) is 0.720. The highest BCUT2D eigenvalue weighted by atomic mass is 16.2. The van der Waals surface area contributed by atoms with Crippen LogP contribution in [0.15, 0.2) is 0 Å². The first-order chi connectivity index (χ1) is 6.37. The Hall–Kier alpha value is -0.0800. The highest BCUT2D eigenvalue weighted by Gasteiger charge is 2.20. The third-order valence-corrected chi connectivity index (χ3v) is 2.24. The molecule has 14 heavy (non-hydrogen) atoms. The molecule has 0 saturated carbocycles. The van der Waals surface area contributed by atoms with Gasteiger partial charge in [-0.15, -0.1) is 0 Å². The molecule has 0 aromatic carbocycles. The molecule has 0 heterocycles. The molecule has 0 radical (unpaired) electrons. The predicted molar refractivity (Wildman–Crippen MR) is 64.6 cm³/mol. The third-order valence-electron chi connectivity index (χ3n) is 2.24. The Balaban J connectivity index is 0. The second-order valence-electron chi connectivity index (χ2n) is 4.90. The first-order valence-corrected chi connectivity index (χ1v) is 5.60. The van der Waals surface area contributed by atoms with E-state index in [0.29, 0.717) is 11.6 Å². The fraction of sp³-hybridized carbons (Fsp3) is 1.00. The second kappa shape index (κ2) is 8.25. The van der Waals surface area contributed by atoms with Crippen LogP contribution in [0.3, 0.4) is 0 Å². The van der Waals surface area contributed by atoms with Crippen LogP contribution in [0.2, 0.25) is 0 Å². The van der Waals surface area contributed by atoms with Gasteiger partial charge in [0.1, 0.15) is 0 Å². The van der Waals surface area contributed by atoms with Crippen LogP contribution in [0, 0.1) is 5.92 Å². The summed E-state index contributed by atoms with van der Waals surface area (Å²) in [5.74, 6) is 0.825. The molecule has 0 bridgehead atoms. The molecule has 0 fully saturated rings. The summed E-state index contributed by atoms with van der Waals surface area (Å²) in [7, 11) is 1.00. The van der Waals surface area contributed by atoms with Gasteiger partial charge in [-0.25, -0.2) is 0 Å². The molecule has 0 amide bonds. The number of aliphatic hydroxyl groups excluding tert-OH is 1. The summed E-state index contributed by atoms with van der Waals surface area (Å²) < 4.78 is 0. The van der Waals surface area contributed by atoms with Gasteiger partial charge in [-0.3, -0.25) is 0 Å². The largest absolute Gasteiger partial charge is 0.400 e. The Bertz CT molecular complexity index is 121. The van der Waals surface area contributed by atoms with Gasteiger partial charge in [-0.2, -0.15) is 0 Å². The number of rotatable bonds is 5. The minimum absolute atomic E-state index is 0.295. The van der Waals surface area contributed by atoms with Crippen LogP contribution < -0.4 is 5.32 Å². The van der Waals surface area contributed by atoms with E-state index in [1.54, 1.807) is 0 Å². The molecule has 2 N–H and O–H groups in total. The molecular formula is C12H29NO. The fourth-order valence-electron chi connectivity index (χ4n) is 1.86. The molecule has 2 heteroatoms. The SMILES string of the molecule is CCC(C)CC(C)(C)NC(C)C.CO. The summed E-state index contributed by atoms with van der Waals surface area (Å²) in [6.07, 6.45) is 2.55. The van der Waals surface area contributed by atoms with Crippen molar-refractivity contribution in [1.82, 2.24) is 5.32 Å². The van der Waals surface area contributed by atoms with Crippen LogP contribution in [0.4, 0.5) is 0 Å². The molecule has 0 aromatic rings. The zero-order chi connectivity index (χ0) is 11.8. The monoisotopic (exact) mass is 203 g/mol. The topological polar surface area (TPSA) is 32.3 Å². The highest BCUT2D eigenvalue weighted by Crippen LogP contribution is 2.18. The van der Waals surface area contributed by atoms with E-state index in [4.69, 9.17) is 5.11 Å². The number of aliphatic hydroxyl groups is 1. The van der Waals surface area contributed by atoms with Gasteiger partial charge >= 0.3 is 0 Å². The van der Waals surface area contributed by atoms with Crippen LogP contribution in [-0.2, 0) is 0 Å². The van der Waals surface area contributed by atoms with E-state index in [2.05, 4.69) is 46.9 Å². The van der Waals surface area contributed by atoms with Gasteiger partial charge in [0.15, 0.2) is 0 Å². The molecule has 0 aliphatic carbocycles. The molecule has 0 aromatic heterocycles. The summed E-state index contributed by atoms with van der Waals surface area (Å²) in [6, 6.07) is 0.587. The van der Waals surface area contributed by atoms with Gasteiger partial charge in [0.05, 0.1) is 0 Å². The van der Waals surface area contributed by atoms with Crippen molar-refractivity contribution in [3.8, 4) is 0 Å². The Morgan fingerprint density at radius 2 is 1.57 bits per heavy atom. The first kappa shape index (κ1) is 16.4. The molecule has 0 aliphatic heterocycles. The second-order valence-corrected chi connectivity index (χ2v) is 4.90. The molecule has 1 unspecified atom stereocenters. The highest BCUT2D eigenvalue weighted by molar-refractivity contribution is 4.80. The van der Waals surface area contributed by atoms with Crippen LogP contribution >= 0.6 is 0 Å². The molecule has 0 spiro atoms. The van der Waals surface area contributed by atoms with E-state index in [1.807, 2.05) is 0 Å². The maximum Gasteiger partial charge on any atom is 0.0319 e. The summed E-state index contributed by atoms with van der Waals surface area (Å²) >= 11 is 0. The smallest absolute Gasteiger partial charge is 0.0319 e. The van der Waals surface area contributed by atoms with Gasteiger partial charge in [0.2, 0.25) is 0 Å². The lowest BCUT2D eigenvalue weighted by Crippen LogP contribution is -2.44. The average molecular weight is 203 g/mol. The number of hydrogen-bond donors (Lipinski definition) is 2. The fourth-order valence-corrected chi connectivity index (χ4v) is 1.86. The first-order valence-electron chi connectivity index (χ1n) is 5.60. The standard InChI is InChI=1S/C11H25N.CH4O/c1-7-10(4)8-11(5,6)12-9(2)3;1-2/h9-10,12H,7-8H2,1-6H3;2H,1H3. The van der Waals surface area contributed by atoms with Crippen LogP contribution in [0.5, 0.6) is 0 Å². The van der Waals surface area contributed by atoms with E-state index < -0.39 is 0 Å². The maximum absolute atomic E-state index is 7.00. The minimum atomic E-state index is 0.295. The number of hydrogen-bond acceptors (Lipinski definition) is 2. The summed E-state index contributed by atoms with van der Waals surface area (Å²) in [5, 5.41) is 10.6. The van der Waals surface area contributed by atoms with Gasteiger partial charge in [-0.1, -0.05) is 34.1 Å². The van der Waals surface area contributed by atoms with Crippen molar-refractivity contribution >= 4 is 0 Å². The average Bonchev–Trinajstić information content (AvgIpc) is 2.04. The van der Waals surface area contributed by atoms with E-state index in [0.717, 1.165) is 13.0 Å². The Labute approximate surface area is 90.1 Å². The van der Waals surface area contributed by atoms with Crippen molar-refractivity contribution in [3.05, 3.63) is 0 Å². The molecular weight excluding hydrogens is 174 g/mol. The molecule has 0 saturated heterocycles. The Morgan fingerprint density at radius 3 is 1.86 bits per heavy atom. The van der Waals surface area contributed by atoms with Gasteiger partial charge in [0.25, 0.3) is 0 Å². The van der Waals surface area contributed by atoms with Gasteiger partial charge < -0.3 is 10.4 Å². The van der Waals surface area contributed by atoms with Crippen molar-refractivity contribution in [1.29, 1.82) is 0 Å². The van der Waals surface area contributed by atoms with Crippen LogP contribution in [0.1, 0.15) is 54.4 Å². The summed E-state index contributed by atoms with van der Waals surface area (Å²) in [4.78, 5) is 0. The Kier molecular flexibility index (Phi) is 9.63. The van der Waals surface area contributed by atoms with Crippen LogP contribution in [0.25, 0.3) is 0 Å². The van der Waals surface area contributed by atoms with Crippen molar-refractivity contribution < 1.29 is 5.11 Å². The summed E-state index contributed by atoms with van der Waals surface area (Å²) in [5.41, 5.74) is 0.295. The van der Waals surface area contributed by atoms with E-state index in [1.165, 1.54) is 12.8 Å². The van der Waals surface area contributed by atoms with Crippen LogP contribution in [-0.4, -0.2) is 23.8 Å². The zero-order valence-corrected chi connectivity index (χ0v) is 11.0. The lowest BCUT2D eigenvalue weighted by atomic mass is 9.89. The molecule has 0 aliphatic rings. The minimum Gasteiger partial charge on any atom is -0.400 e. The van der Waals surface area contributed by atoms with Crippen molar-refractivity contribution in [2.75, 3.05) is 7.11 Å². The van der Waals surface area contributed by atoms with Crippen molar-refractivity contribution in [2.24, 2.45) is 5.92 Å². The number of nitrogens with one attached hydrogen (secondary N) is 1. The summed E-state index contributed by atoms with van der Waals surface area (Å²) in [6.45, 7) is 13.6. The van der Waals surface area contributed by atoms with E-state index >= 15 is 0 Å². The molecule has 2 nitrogen and oxygen atoms in total. The molecule has 0 rings (SSSR count). The van der Waals surface area contributed by atoms with Gasteiger partial charge in [0, 0.05) is 18.7 Å². The van der Waals surface area contributed by atoms with E-state index in [9.17, 15) is 0 Å². The van der Waals surface area contributed by atoms with Crippen molar-refractivity contribution in [3.63, 3.8) is 0 Å². The lowest BCUT2D eigenvalue weighted by Gasteiger charge is -2.31. The van der Waals surface area contributed by atoms with E-state index in [-0.39, 0.29) is 0 Å². The molecule has 1 atom stereocenters. The predicted octanol–water partition coefficient (Wildman–Crippen LogP) is 2.81. The molecule has 88 valence electrons. The lowest BCUT2D eigenvalue weighted by molar-refractivity contribution is 0.284.